The molecule has 124 valence electrons. The molecule has 3 rings (SSSR count). The molecule has 0 aromatic heterocycles. The first-order chi connectivity index (χ1) is 10.9. The van der Waals surface area contributed by atoms with Crippen molar-refractivity contribution in [1.29, 1.82) is 0 Å². The average molecular weight is 337 g/mol. The van der Waals surface area contributed by atoms with Gasteiger partial charge in [0.15, 0.2) is 0 Å². The molecule has 1 aromatic rings. The maximum absolute atomic E-state index is 12.5. The van der Waals surface area contributed by atoms with Crippen LogP contribution in [0.3, 0.4) is 0 Å². The Morgan fingerprint density at radius 3 is 2.91 bits per heavy atom. The molecule has 0 saturated carbocycles. The first-order valence-corrected chi connectivity index (χ1v) is 8.97. The number of aliphatic imine (C=N–C) groups is 1. The Morgan fingerprint density at radius 1 is 1.43 bits per heavy atom. The quantitative estimate of drug-likeness (QED) is 0.844. The van der Waals surface area contributed by atoms with Crippen molar-refractivity contribution < 1.29 is 17.9 Å². The summed E-state index contributed by atoms with van der Waals surface area (Å²) in [6.45, 7) is 5.14. The van der Waals surface area contributed by atoms with Gasteiger partial charge in [0, 0.05) is 18.7 Å². The van der Waals surface area contributed by atoms with Crippen LogP contribution in [0.1, 0.15) is 19.4 Å². The molecule has 2 atom stereocenters. The molecule has 1 N–H and O–H groups in total. The van der Waals surface area contributed by atoms with Gasteiger partial charge in [-0.3, -0.25) is 14.5 Å². The summed E-state index contributed by atoms with van der Waals surface area (Å²) in [5, 5.41) is 0. The van der Waals surface area contributed by atoms with Gasteiger partial charge in [-0.1, -0.05) is 12.1 Å². The summed E-state index contributed by atoms with van der Waals surface area (Å²) in [5.41, 5.74) is 0.502. The number of benzene rings is 1. The summed E-state index contributed by atoms with van der Waals surface area (Å²) in [4.78, 5) is 18.7. The largest absolute Gasteiger partial charge is 0.375 e. The van der Waals surface area contributed by atoms with Gasteiger partial charge in [0.05, 0.1) is 17.6 Å². The molecule has 2 aliphatic rings. The molecule has 2 heterocycles. The Labute approximate surface area is 135 Å². The van der Waals surface area contributed by atoms with Crippen LogP contribution in [0.5, 0.6) is 0 Å². The fraction of sp³-hybridized carbons (Fsp3) is 0.467. The minimum atomic E-state index is -3.59. The lowest BCUT2D eigenvalue weighted by Gasteiger charge is -2.32. The van der Waals surface area contributed by atoms with Crippen LogP contribution >= 0.6 is 0 Å². The Kier molecular flexibility index (Phi) is 4.11. The fourth-order valence-corrected chi connectivity index (χ4v) is 4.00. The number of fused-ring (bicyclic) bond motifs is 1. The molecule has 0 spiro atoms. The van der Waals surface area contributed by atoms with Crippen molar-refractivity contribution in [2.75, 3.05) is 19.7 Å². The fourth-order valence-electron chi connectivity index (χ4n) is 2.76. The highest BCUT2D eigenvalue weighted by Crippen LogP contribution is 2.22. The topological polar surface area (TPSA) is 88.1 Å². The van der Waals surface area contributed by atoms with Crippen LogP contribution in [-0.4, -0.2) is 56.9 Å². The van der Waals surface area contributed by atoms with Crippen molar-refractivity contribution in [1.82, 2.24) is 9.62 Å². The van der Waals surface area contributed by atoms with Gasteiger partial charge < -0.3 is 9.64 Å². The van der Waals surface area contributed by atoms with E-state index in [1.165, 1.54) is 6.07 Å². The van der Waals surface area contributed by atoms with Gasteiger partial charge in [0.2, 0.25) is 5.91 Å². The van der Waals surface area contributed by atoms with E-state index in [4.69, 9.17) is 4.74 Å². The van der Waals surface area contributed by atoms with Gasteiger partial charge in [-0.25, -0.2) is 8.42 Å². The highest BCUT2D eigenvalue weighted by atomic mass is 32.2. The Bertz CT molecular complexity index is 760. The molecule has 1 saturated heterocycles. The van der Waals surface area contributed by atoms with E-state index in [2.05, 4.69) is 9.71 Å². The van der Waals surface area contributed by atoms with E-state index in [1.54, 1.807) is 30.0 Å². The molecular weight excluding hydrogens is 318 g/mol. The normalized spacial score (nSPS) is 25.7. The predicted octanol–water partition coefficient (Wildman–Crippen LogP) is 0.361. The predicted molar refractivity (Wildman–Crippen MR) is 84.8 cm³/mol. The van der Waals surface area contributed by atoms with Crippen LogP contribution in [0.15, 0.2) is 34.2 Å². The molecule has 23 heavy (non-hydrogen) atoms. The maximum Gasteiger partial charge on any atom is 0.263 e. The molecule has 0 aliphatic carbocycles. The van der Waals surface area contributed by atoms with Gasteiger partial charge in [-0.05, 0) is 26.0 Å². The third kappa shape index (κ3) is 3.09. The lowest BCUT2D eigenvalue weighted by molar-refractivity contribution is -0.139. The Balaban J connectivity index is 1.83. The number of carbonyl (C=O) groups excluding carboxylic acids is 1. The lowest BCUT2D eigenvalue weighted by Crippen LogP contribution is -2.47. The van der Waals surface area contributed by atoms with Crippen molar-refractivity contribution in [3.63, 3.8) is 0 Å². The first kappa shape index (κ1) is 15.9. The van der Waals surface area contributed by atoms with Crippen LogP contribution < -0.4 is 4.72 Å². The van der Waals surface area contributed by atoms with Gasteiger partial charge in [-0.15, -0.1) is 0 Å². The first-order valence-electron chi connectivity index (χ1n) is 7.49. The number of nitrogens with one attached hydrogen (secondary N) is 1. The zero-order chi connectivity index (χ0) is 16.6. The van der Waals surface area contributed by atoms with E-state index < -0.39 is 16.1 Å². The molecule has 2 aliphatic heterocycles. The maximum atomic E-state index is 12.5. The monoisotopic (exact) mass is 337 g/mol. The van der Waals surface area contributed by atoms with Crippen LogP contribution in [0.2, 0.25) is 0 Å². The highest BCUT2D eigenvalue weighted by Gasteiger charge is 2.32. The van der Waals surface area contributed by atoms with Gasteiger partial charge in [-0.2, -0.15) is 0 Å². The molecule has 0 unspecified atom stereocenters. The van der Waals surface area contributed by atoms with Crippen LogP contribution in [0.4, 0.5) is 0 Å². The second-order valence-electron chi connectivity index (χ2n) is 5.72. The number of carbonyl (C=O) groups is 1. The number of amidine groups is 1. The molecule has 1 amide bonds. The molecule has 1 fully saturated rings. The highest BCUT2D eigenvalue weighted by molar-refractivity contribution is 7.90. The van der Waals surface area contributed by atoms with Gasteiger partial charge in [0.25, 0.3) is 10.0 Å². The standard InChI is InChI=1S/C15H19N3O4S/c1-10-9-18(7-8-22-10)15(19)11(2)16-14-12-5-3-4-6-13(12)23(20,21)17-14/h3-6,10-11H,7-9H2,1-2H3,(H,16,17)/t10-,11-/m0/s1. The van der Waals surface area contributed by atoms with E-state index in [0.29, 0.717) is 25.3 Å². The summed E-state index contributed by atoms with van der Waals surface area (Å²) in [5.74, 6) is 0.0963. The van der Waals surface area contributed by atoms with E-state index in [9.17, 15) is 13.2 Å². The van der Waals surface area contributed by atoms with Crippen LogP contribution in [0.25, 0.3) is 0 Å². The molecular formula is C15H19N3O4S. The van der Waals surface area contributed by atoms with Crippen LogP contribution in [-0.2, 0) is 19.6 Å². The second-order valence-corrected chi connectivity index (χ2v) is 7.37. The lowest BCUT2D eigenvalue weighted by atomic mass is 10.2. The van der Waals surface area contributed by atoms with Crippen molar-refractivity contribution in [3.8, 4) is 0 Å². The minimum absolute atomic E-state index is 0.00161. The third-order valence-electron chi connectivity index (χ3n) is 3.90. The van der Waals surface area contributed by atoms with E-state index in [1.807, 2.05) is 6.92 Å². The number of rotatable bonds is 2. The number of hydrogen-bond donors (Lipinski definition) is 1. The number of ether oxygens (including phenoxy) is 1. The zero-order valence-electron chi connectivity index (χ0n) is 13.0. The molecule has 1 aromatic carbocycles. The van der Waals surface area contributed by atoms with Gasteiger partial charge in [0.1, 0.15) is 11.9 Å². The SMILES string of the molecule is C[C@H](N=C1NS(=O)(=O)c2ccccc21)C(=O)N1CCO[C@@H](C)C1. The molecule has 0 bridgehead atoms. The van der Waals surface area contributed by atoms with E-state index in [0.717, 1.165) is 0 Å². The summed E-state index contributed by atoms with van der Waals surface area (Å²) in [7, 11) is -3.59. The zero-order valence-corrected chi connectivity index (χ0v) is 13.8. The van der Waals surface area contributed by atoms with Crippen molar-refractivity contribution >= 4 is 21.8 Å². The average Bonchev–Trinajstić information content (AvgIpc) is 2.78. The van der Waals surface area contributed by atoms with Crippen molar-refractivity contribution in [2.45, 2.75) is 30.9 Å². The minimum Gasteiger partial charge on any atom is -0.375 e. The molecule has 7 nitrogen and oxygen atoms in total. The second kappa shape index (κ2) is 5.93. The molecule has 0 radical (unpaired) electrons. The van der Waals surface area contributed by atoms with Gasteiger partial charge >= 0.3 is 0 Å². The smallest absolute Gasteiger partial charge is 0.263 e. The number of morpholine rings is 1. The van der Waals surface area contributed by atoms with E-state index in [-0.39, 0.29) is 22.7 Å². The molecule has 8 heteroatoms. The number of sulfonamides is 1. The summed E-state index contributed by atoms with van der Waals surface area (Å²) in [6, 6.07) is 5.94. The van der Waals surface area contributed by atoms with E-state index >= 15 is 0 Å². The summed E-state index contributed by atoms with van der Waals surface area (Å²) < 4.78 is 32.0. The third-order valence-corrected chi connectivity index (χ3v) is 5.29. The summed E-state index contributed by atoms with van der Waals surface area (Å²) >= 11 is 0. The van der Waals surface area contributed by atoms with Crippen molar-refractivity contribution in [2.24, 2.45) is 4.99 Å². The Hall–Kier alpha value is -1.93. The van der Waals surface area contributed by atoms with Crippen molar-refractivity contribution in [3.05, 3.63) is 29.8 Å². The summed E-state index contributed by atoms with van der Waals surface area (Å²) in [6.07, 6.45) is -0.00161. The number of nitrogens with zero attached hydrogens (tertiary/aromatic N) is 2. The number of amides is 1. The van der Waals surface area contributed by atoms with Crippen LogP contribution in [0, 0.1) is 0 Å². The Morgan fingerprint density at radius 2 is 2.17 bits per heavy atom. The number of hydrogen-bond acceptors (Lipinski definition) is 5.